The summed E-state index contributed by atoms with van der Waals surface area (Å²) in [5, 5.41) is 19.2. The number of hydrogen-bond donors (Lipinski definition) is 1. The quantitative estimate of drug-likeness (QED) is 0.735. The molecule has 0 heterocycles. The van der Waals surface area contributed by atoms with Crippen molar-refractivity contribution in [2.45, 2.75) is 45.4 Å². The Morgan fingerprint density at radius 1 is 1.19 bits per heavy atom. The highest BCUT2D eigenvalue weighted by molar-refractivity contribution is 5.22. The van der Waals surface area contributed by atoms with Gasteiger partial charge in [0.2, 0.25) is 0 Å². The van der Waals surface area contributed by atoms with E-state index in [1.807, 2.05) is 0 Å². The maximum atomic E-state index is 9.73. The van der Waals surface area contributed by atoms with Crippen LogP contribution in [0.5, 0.6) is 0 Å². The first-order valence-electron chi connectivity index (χ1n) is 6.24. The van der Waals surface area contributed by atoms with Crippen LogP contribution in [0.15, 0.2) is 0 Å². The lowest BCUT2D eigenvalue weighted by molar-refractivity contribution is -0.173. The average Bonchev–Trinajstić information content (AvgIpc) is 2.12. The second kappa shape index (κ2) is 2.64. The van der Waals surface area contributed by atoms with Crippen molar-refractivity contribution in [1.82, 2.24) is 0 Å². The molecule has 2 heteroatoms. The van der Waals surface area contributed by atoms with E-state index < -0.39 is 0 Å². The standard InChI is InChI=1S/C14H20NO/c1-11-3-12(2)5-13(4-11,9-15)8-14(6-11,7-12)10-16/h16H,1,3-8,10H2,2H3. The van der Waals surface area contributed by atoms with Gasteiger partial charge in [-0.1, -0.05) is 6.92 Å². The molecule has 0 saturated heterocycles. The Morgan fingerprint density at radius 2 is 1.94 bits per heavy atom. The van der Waals surface area contributed by atoms with Crippen LogP contribution < -0.4 is 0 Å². The summed E-state index contributed by atoms with van der Waals surface area (Å²) in [7, 11) is 0. The third kappa shape index (κ3) is 1.21. The molecular formula is C14H20NO. The van der Waals surface area contributed by atoms with Gasteiger partial charge in [-0.2, -0.15) is 5.26 Å². The zero-order valence-corrected chi connectivity index (χ0v) is 10.1. The van der Waals surface area contributed by atoms with Gasteiger partial charge in [0, 0.05) is 6.61 Å². The molecule has 4 atom stereocenters. The van der Waals surface area contributed by atoms with E-state index in [0.29, 0.717) is 0 Å². The summed E-state index contributed by atoms with van der Waals surface area (Å²) in [4.78, 5) is 0. The number of aliphatic hydroxyl groups excluding tert-OH is 1. The predicted octanol–water partition coefficient (Wildman–Crippen LogP) is 2.68. The smallest absolute Gasteiger partial charge is 0.0690 e. The number of aliphatic hydroxyl groups is 1. The first-order valence-corrected chi connectivity index (χ1v) is 6.24. The van der Waals surface area contributed by atoms with Crippen LogP contribution in [0, 0.1) is 39.9 Å². The Balaban J connectivity index is 2.10. The minimum absolute atomic E-state index is 0.000972. The van der Waals surface area contributed by atoms with Gasteiger partial charge in [-0.05, 0) is 61.7 Å². The summed E-state index contributed by atoms with van der Waals surface area (Å²) in [6.45, 7) is 6.93. The molecule has 4 aliphatic carbocycles. The fourth-order valence-electron chi connectivity index (χ4n) is 5.90. The van der Waals surface area contributed by atoms with Crippen LogP contribution in [0.1, 0.15) is 45.4 Å². The molecule has 4 bridgehead atoms. The molecule has 0 spiro atoms. The summed E-state index contributed by atoms with van der Waals surface area (Å²) in [5.41, 5.74) is 0.117. The van der Waals surface area contributed by atoms with E-state index in [2.05, 4.69) is 19.9 Å². The Morgan fingerprint density at radius 3 is 2.50 bits per heavy atom. The van der Waals surface area contributed by atoms with Crippen molar-refractivity contribution in [3.63, 3.8) is 0 Å². The van der Waals surface area contributed by atoms with Crippen LogP contribution in [0.4, 0.5) is 0 Å². The molecule has 0 aromatic carbocycles. The normalized spacial score (nSPS) is 58.6. The minimum Gasteiger partial charge on any atom is -0.396 e. The van der Waals surface area contributed by atoms with Crippen molar-refractivity contribution in [2.24, 2.45) is 21.7 Å². The van der Waals surface area contributed by atoms with E-state index >= 15 is 0 Å². The molecule has 0 aromatic rings. The van der Waals surface area contributed by atoms with Crippen molar-refractivity contribution in [3.8, 4) is 6.07 Å². The molecule has 0 aliphatic heterocycles. The SMILES string of the molecule is [CH2]C12CC3(C)CC(C#N)(C1)CC(CO)(C2)C3. The van der Waals surface area contributed by atoms with Crippen molar-refractivity contribution in [3.05, 3.63) is 6.92 Å². The lowest BCUT2D eigenvalue weighted by Crippen LogP contribution is -2.60. The molecule has 0 aromatic heterocycles. The van der Waals surface area contributed by atoms with Gasteiger partial charge in [0.25, 0.3) is 0 Å². The maximum absolute atomic E-state index is 9.73. The van der Waals surface area contributed by atoms with Gasteiger partial charge < -0.3 is 5.11 Å². The number of hydrogen-bond acceptors (Lipinski definition) is 2. The van der Waals surface area contributed by atoms with Crippen LogP contribution in [-0.4, -0.2) is 11.7 Å². The van der Waals surface area contributed by atoms with Gasteiger partial charge >= 0.3 is 0 Å². The molecule has 4 unspecified atom stereocenters. The van der Waals surface area contributed by atoms with Crippen LogP contribution in [-0.2, 0) is 0 Å². The molecule has 4 fully saturated rings. The van der Waals surface area contributed by atoms with Crippen LogP contribution in [0.3, 0.4) is 0 Å². The van der Waals surface area contributed by atoms with Gasteiger partial charge in [-0.15, -0.1) is 0 Å². The van der Waals surface area contributed by atoms with Gasteiger partial charge in [-0.3, -0.25) is 0 Å². The van der Waals surface area contributed by atoms with Gasteiger partial charge in [-0.25, -0.2) is 0 Å². The Bertz CT molecular complexity index is 363. The highest BCUT2D eigenvalue weighted by Gasteiger charge is 2.65. The van der Waals surface area contributed by atoms with Crippen molar-refractivity contribution in [1.29, 1.82) is 5.26 Å². The van der Waals surface area contributed by atoms with Crippen LogP contribution in [0.25, 0.3) is 0 Å². The van der Waals surface area contributed by atoms with Crippen LogP contribution >= 0.6 is 0 Å². The first-order chi connectivity index (χ1) is 7.36. The molecule has 2 nitrogen and oxygen atoms in total. The summed E-state index contributed by atoms with van der Waals surface area (Å²) >= 11 is 0. The number of rotatable bonds is 1. The lowest BCUT2D eigenvalue weighted by Gasteiger charge is -2.67. The molecule has 1 N–H and O–H groups in total. The zero-order chi connectivity index (χ0) is 11.7. The van der Waals surface area contributed by atoms with E-state index in [1.54, 1.807) is 0 Å². The number of nitrogens with zero attached hydrogens (tertiary/aromatic N) is 1. The second-order valence-electron chi connectivity index (χ2n) is 7.42. The largest absolute Gasteiger partial charge is 0.396 e. The van der Waals surface area contributed by atoms with Crippen molar-refractivity contribution in [2.75, 3.05) is 6.61 Å². The summed E-state index contributed by atoms with van der Waals surface area (Å²) < 4.78 is 0. The third-order valence-electron chi connectivity index (χ3n) is 5.12. The molecule has 4 aliphatic rings. The topological polar surface area (TPSA) is 44.0 Å². The minimum atomic E-state index is -0.187. The van der Waals surface area contributed by atoms with E-state index in [1.165, 1.54) is 0 Å². The third-order valence-corrected chi connectivity index (χ3v) is 5.12. The molecule has 4 saturated carbocycles. The molecule has 0 amide bonds. The summed E-state index contributed by atoms with van der Waals surface area (Å²) in [5.74, 6) is 0. The van der Waals surface area contributed by atoms with E-state index in [-0.39, 0.29) is 28.3 Å². The zero-order valence-electron chi connectivity index (χ0n) is 10.1. The molecule has 4 rings (SSSR count). The average molecular weight is 218 g/mol. The summed E-state index contributed by atoms with van der Waals surface area (Å²) in [6.07, 6.45) is 6.14. The molecule has 87 valence electrons. The number of nitriles is 1. The fraction of sp³-hybridized carbons (Fsp3) is 0.857. The van der Waals surface area contributed by atoms with E-state index in [4.69, 9.17) is 0 Å². The maximum Gasteiger partial charge on any atom is 0.0690 e. The van der Waals surface area contributed by atoms with Crippen molar-refractivity contribution >= 4 is 0 Å². The van der Waals surface area contributed by atoms with Gasteiger partial charge in [0.15, 0.2) is 0 Å². The molecule has 1 radical (unpaired) electrons. The van der Waals surface area contributed by atoms with E-state index in [0.717, 1.165) is 38.5 Å². The molecule has 16 heavy (non-hydrogen) atoms. The van der Waals surface area contributed by atoms with E-state index in [9.17, 15) is 10.4 Å². The first kappa shape index (κ1) is 10.6. The molecular weight excluding hydrogens is 198 g/mol. The second-order valence-corrected chi connectivity index (χ2v) is 7.42. The fourth-order valence-corrected chi connectivity index (χ4v) is 5.90. The highest BCUT2D eigenvalue weighted by Crippen LogP contribution is 2.73. The Kier molecular flexibility index (Phi) is 1.75. The predicted molar refractivity (Wildman–Crippen MR) is 61.2 cm³/mol. The monoisotopic (exact) mass is 218 g/mol. The summed E-state index contributed by atoms with van der Waals surface area (Å²) in [6, 6.07) is 2.57. The lowest BCUT2D eigenvalue weighted by atomic mass is 9.36. The van der Waals surface area contributed by atoms with Crippen molar-refractivity contribution < 1.29 is 5.11 Å². The Hall–Kier alpha value is -0.550. The Labute approximate surface area is 97.7 Å². The van der Waals surface area contributed by atoms with Gasteiger partial charge in [0.05, 0.1) is 11.5 Å². The highest BCUT2D eigenvalue weighted by atomic mass is 16.3. The van der Waals surface area contributed by atoms with Crippen LogP contribution in [0.2, 0.25) is 0 Å². The van der Waals surface area contributed by atoms with Gasteiger partial charge in [0.1, 0.15) is 0 Å².